The number of aromatic nitrogens is 1. The van der Waals surface area contributed by atoms with Crippen molar-refractivity contribution in [1.82, 2.24) is 4.98 Å². The zero-order valence-corrected chi connectivity index (χ0v) is 16.7. The highest BCUT2D eigenvalue weighted by Gasteiger charge is 2.29. The minimum Gasteiger partial charge on any atom is -0.497 e. The number of hydrogen-bond donors (Lipinski definition) is 1. The van der Waals surface area contributed by atoms with Crippen molar-refractivity contribution in [3.63, 3.8) is 0 Å². The molecule has 2 aromatic carbocycles. The van der Waals surface area contributed by atoms with Crippen molar-refractivity contribution >= 4 is 28.1 Å². The third-order valence-corrected chi connectivity index (χ3v) is 5.24. The Kier molecular flexibility index (Phi) is 5.44. The second kappa shape index (κ2) is 8.32. The van der Waals surface area contributed by atoms with Gasteiger partial charge in [-0.1, -0.05) is 35.5 Å². The molecule has 0 saturated carbocycles. The second-order valence-electron chi connectivity index (χ2n) is 6.30. The number of oxime groups is 1. The van der Waals surface area contributed by atoms with Crippen molar-refractivity contribution in [2.75, 3.05) is 19.5 Å². The minimum absolute atomic E-state index is 0.279. The fourth-order valence-corrected chi connectivity index (χ4v) is 3.69. The van der Waals surface area contributed by atoms with Gasteiger partial charge < -0.3 is 14.3 Å². The fourth-order valence-electron chi connectivity index (χ4n) is 2.97. The highest BCUT2D eigenvalue weighted by atomic mass is 32.1. The summed E-state index contributed by atoms with van der Waals surface area (Å²) in [5, 5.41) is 9.20. The number of carbonyl (C=O) groups excluding carboxylic acids is 1. The fraction of sp³-hybridized carbons (Fsp3) is 0.190. The molecule has 3 aromatic rings. The molecule has 1 aromatic heterocycles. The molecule has 148 valence electrons. The van der Waals surface area contributed by atoms with E-state index >= 15 is 0 Å². The van der Waals surface area contributed by atoms with Crippen LogP contribution >= 0.6 is 11.3 Å². The molecule has 1 aliphatic rings. The van der Waals surface area contributed by atoms with Gasteiger partial charge in [0.2, 0.25) is 6.10 Å². The van der Waals surface area contributed by atoms with Crippen LogP contribution in [0.1, 0.15) is 12.0 Å². The Labute approximate surface area is 171 Å². The van der Waals surface area contributed by atoms with E-state index in [1.165, 1.54) is 11.3 Å². The van der Waals surface area contributed by atoms with Crippen molar-refractivity contribution < 1.29 is 19.1 Å². The lowest BCUT2D eigenvalue weighted by molar-refractivity contribution is -0.125. The minimum atomic E-state index is -0.677. The van der Waals surface area contributed by atoms with Crippen molar-refractivity contribution in [2.24, 2.45) is 5.16 Å². The van der Waals surface area contributed by atoms with Crippen LogP contribution in [0.15, 0.2) is 59.1 Å². The molecule has 0 bridgehead atoms. The number of methoxy groups -OCH3 is 2. The largest absolute Gasteiger partial charge is 0.497 e. The molecule has 1 aliphatic heterocycles. The molecule has 1 atom stereocenters. The first-order valence-corrected chi connectivity index (χ1v) is 9.83. The Hall–Kier alpha value is -3.39. The lowest BCUT2D eigenvalue weighted by Gasteiger charge is -2.09. The second-order valence-corrected chi connectivity index (χ2v) is 7.15. The van der Waals surface area contributed by atoms with Crippen molar-refractivity contribution in [1.29, 1.82) is 0 Å². The number of nitrogens with one attached hydrogen (secondary N) is 1. The molecular formula is C21H19N3O4S. The van der Waals surface area contributed by atoms with E-state index in [4.69, 9.17) is 14.3 Å². The van der Waals surface area contributed by atoms with E-state index in [1.54, 1.807) is 14.2 Å². The predicted molar refractivity (Wildman–Crippen MR) is 112 cm³/mol. The highest BCUT2D eigenvalue weighted by molar-refractivity contribution is 7.14. The maximum absolute atomic E-state index is 12.6. The number of ether oxygens (including phenoxy) is 2. The normalized spacial score (nSPS) is 15.4. The molecule has 1 unspecified atom stereocenters. The Morgan fingerprint density at radius 1 is 1.17 bits per heavy atom. The molecule has 0 spiro atoms. The highest BCUT2D eigenvalue weighted by Crippen LogP contribution is 2.35. The molecule has 7 nitrogen and oxygen atoms in total. The molecule has 0 aliphatic carbocycles. The Morgan fingerprint density at radius 2 is 2.00 bits per heavy atom. The summed E-state index contributed by atoms with van der Waals surface area (Å²) in [7, 11) is 3.20. The first-order chi connectivity index (χ1) is 14.2. The molecule has 4 rings (SSSR count). The van der Waals surface area contributed by atoms with Gasteiger partial charge in [0.1, 0.15) is 11.5 Å². The molecule has 0 radical (unpaired) electrons. The van der Waals surface area contributed by atoms with Gasteiger partial charge in [-0.15, -0.1) is 11.3 Å². The van der Waals surface area contributed by atoms with E-state index in [1.807, 2.05) is 53.9 Å². The van der Waals surface area contributed by atoms with Gasteiger partial charge in [0.25, 0.3) is 5.91 Å². The van der Waals surface area contributed by atoms with Crippen LogP contribution < -0.4 is 14.8 Å². The number of thiazole rings is 1. The monoisotopic (exact) mass is 409 g/mol. The molecule has 0 saturated heterocycles. The third kappa shape index (κ3) is 4.07. The number of nitrogens with zero attached hydrogens (tertiary/aromatic N) is 2. The van der Waals surface area contributed by atoms with Gasteiger partial charge in [0, 0.05) is 17.4 Å². The Bertz CT molecular complexity index is 1050. The van der Waals surface area contributed by atoms with E-state index in [0.717, 1.165) is 16.8 Å². The van der Waals surface area contributed by atoms with Gasteiger partial charge in [0.05, 0.1) is 25.6 Å². The van der Waals surface area contributed by atoms with Gasteiger partial charge in [-0.3, -0.25) is 10.1 Å². The zero-order chi connectivity index (χ0) is 20.2. The van der Waals surface area contributed by atoms with Crippen LogP contribution in [-0.2, 0) is 9.63 Å². The van der Waals surface area contributed by atoms with Gasteiger partial charge in [-0.25, -0.2) is 4.98 Å². The van der Waals surface area contributed by atoms with Crippen molar-refractivity contribution in [3.05, 3.63) is 59.5 Å². The van der Waals surface area contributed by atoms with E-state index in [2.05, 4.69) is 15.5 Å². The summed E-state index contributed by atoms with van der Waals surface area (Å²) in [5.74, 6) is 1.09. The first-order valence-electron chi connectivity index (χ1n) is 8.95. The van der Waals surface area contributed by atoms with E-state index in [9.17, 15) is 4.79 Å². The van der Waals surface area contributed by atoms with Crippen LogP contribution in [0.5, 0.6) is 11.5 Å². The van der Waals surface area contributed by atoms with Crippen LogP contribution in [0, 0.1) is 0 Å². The summed E-state index contributed by atoms with van der Waals surface area (Å²) in [6.07, 6.45) is -0.262. The lowest BCUT2D eigenvalue weighted by atomic mass is 10.1. The number of hydrogen-bond acceptors (Lipinski definition) is 7. The molecule has 29 heavy (non-hydrogen) atoms. The molecule has 1 N–H and O–H groups in total. The smallest absolute Gasteiger partial charge is 0.270 e. The third-order valence-electron chi connectivity index (χ3n) is 4.49. The van der Waals surface area contributed by atoms with Crippen LogP contribution in [0.4, 0.5) is 5.13 Å². The summed E-state index contributed by atoms with van der Waals surface area (Å²) in [6, 6.07) is 15.2. The van der Waals surface area contributed by atoms with Crippen LogP contribution in [0.2, 0.25) is 0 Å². The summed E-state index contributed by atoms with van der Waals surface area (Å²) in [4.78, 5) is 22.4. The maximum Gasteiger partial charge on any atom is 0.270 e. The molecular weight excluding hydrogens is 390 g/mol. The Balaban J connectivity index is 1.44. The van der Waals surface area contributed by atoms with E-state index < -0.39 is 6.10 Å². The molecule has 1 amide bonds. The van der Waals surface area contributed by atoms with Gasteiger partial charge in [-0.2, -0.15) is 0 Å². The Morgan fingerprint density at radius 3 is 2.76 bits per heavy atom. The number of anilines is 1. The van der Waals surface area contributed by atoms with E-state index in [-0.39, 0.29) is 5.91 Å². The predicted octanol–water partition coefficient (Wildman–Crippen LogP) is 3.96. The van der Waals surface area contributed by atoms with Crippen molar-refractivity contribution in [3.8, 4) is 22.8 Å². The summed E-state index contributed by atoms with van der Waals surface area (Å²) < 4.78 is 10.7. The molecule has 8 heteroatoms. The number of carbonyl (C=O) groups is 1. The quantitative estimate of drug-likeness (QED) is 0.666. The topological polar surface area (TPSA) is 82.0 Å². The van der Waals surface area contributed by atoms with Crippen LogP contribution in [0.25, 0.3) is 11.3 Å². The van der Waals surface area contributed by atoms with Gasteiger partial charge >= 0.3 is 0 Å². The molecule has 2 heterocycles. The van der Waals surface area contributed by atoms with Crippen LogP contribution in [0.3, 0.4) is 0 Å². The van der Waals surface area contributed by atoms with Gasteiger partial charge in [-0.05, 0) is 23.8 Å². The summed E-state index contributed by atoms with van der Waals surface area (Å²) in [5.41, 5.74) is 3.18. The molecule has 0 fully saturated rings. The maximum atomic E-state index is 12.6. The van der Waals surface area contributed by atoms with Crippen LogP contribution in [-0.4, -0.2) is 36.9 Å². The van der Waals surface area contributed by atoms with Gasteiger partial charge in [0.15, 0.2) is 5.13 Å². The number of benzene rings is 2. The number of amides is 1. The zero-order valence-electron chi connectivity index (χ0n) is 15.9. The summed E-state index contributed by atoms with van der Waals surface area (Å²) >= 11 is 1.33. The first kappa shape index (κ1) is 18.9. The summed E-state index contributed by atoms with van der Waals surface area (Å²) in [6.45, 7) is 0. The standard InChI is InChI=1S/C21H19N3O4S/c1-26-14-8-9-18(27-2)15(10-14)17-12-29-21(22-17)23-20(25)19-11-16(24-28-19)13-6-4-3-5-7-13/h3-10,12,19H,11H2,1-2H3,(H,22,23,25). The van der Waals surface area contributed by atoms with E-state index in [0.29, 0.717) is 28.7 Å². The SMILES string of the molecule is COc1ccc(OC)c(-c2csc(NC(=O)C3CC(c4ccccc4)=NO3)n2)c1. The lowest BCUT2D eigenvalue weighted by Crippen LogP contribution is -2.28. The average Bonchev–Trinajstić information content (AvgIpc) is 3.44. The van der Waals surface area contributed by atoms with Crippen molar-refractivity contribution in [2.45, 2.75) is 12.5 Å². The number of rotatable bonds is 6. The average molecular weight is 409 g/mol.